The molecular weight excluding hydrogens is 407 g/mol. The lowest BCUT2D eigenvalue weighted by Gasteiger charge is -2.26. The fourth-order valence-corrected chi connectivity index (χ4v) is 4.09. The van der Waals surface area contributed by atoms with E-state index in [9.17, 15) is 22.0 Å². The molecule has 1 aliphatic rings. The van der Waals surface area contributed by atoms with Crippen LogP contribution in [-0.4, -0.2) is 0 Å². The quantitative estimate of drug-likeness (QED) is 0.319. The highest BCUT2D eigenvalue weighted by atomic mass is 19.2. The molecular formula is C26H19F5. The lowest BCUT2D eigenvalue weighted by molar-refractivity contribution is 0.488. The summed E-state index contributed by atoms with van der Waals surface area (Å²) < 4.78 is 70.8. The highest BCUT2D eigenvalue weighted by Gasteiger charge is 2.26. The molecule has 0 fully saturated rings. The molecule has 0 aliphatic heterocycles. The maximum atomic E-state index is 14.6. The van der Waals surface area contributed by atoms with E-state index in [4.69, 9.17) is 0 Å². The second-order valence-electron chi connectivity index (χ2n) is 7.72. The van der Waals surface area contributed by atoms with Gasteiger partial charge in [0, 0.05) is 5.56 Å². The molecule has 0 nitrogen and oxygen atoms in total. The van der Waals surface area contributed by atoms with Crippen LogP contribution in [0.5, 0.6) is 0 Å². The van der Waals surface area contributed by atoms with E-state index < -0.39 is 29.1 Å². The highest BCUT2D eigenvalue weighted by Crippen LogP contribution is 2.36. The zero-order valence-electron chi connectivity index (χ0n) is 16.8. The molecule has 31 heavy (non-hydrogen) atoms. The van der Waals surface area contributed by atoms with Crippen molar-refractivity contribution in [1.29, 1.82) is 0 Å². The van der Waals surface area contributed by atoms with E-state index >= 15 is 0 Å². The third-order valence-corrected chi connectivity index (χ3v) is 5.76. The first-order valence-electron chi connectivity index (χ1n) is 10.1. The molecule has 3 aromatic carbocycles. The molecule has 0 aromatic heterocycles. The van der Waals surface area contributed by atoms with Gasteiger partial charge in [0.15, 0.2) is 11.6 Å². The third kappa shape index (κ3) is 4.20. The number of benzene rings is 3. The van der Waals surface area contributed by atoms with Gasteiger partial charge in [-0.05, 0) is 84.7 Å². The molecule has 0 spiro atoms. The molecule has 1 unspecified atom stereocenters. The van der Waals surface area contributed by atoms with Crippen LogP contribution in [0.1, 0.15) is 52.6 Å². The Labute approximate surface area is 177 Å². The normalized spacial score (nSPS) is 15.2. The Balaban J connectivity index is 1.63. The summed E-state index contributed by atoms with van der Waals surface area (Å²) in [4.78, 5) is 0. The number of rotatable bonds is 2. The first kappa shape index (κ1) is 21.1. The van der Waals surface area contributed by atoms with Crippen molar-refractivity contribution in [3.8, 4) is 11.8 Å². The summed E-state index contributed by atoms with van der Waals surface area (Å²) >= 11 is 0. The molecule has 0 bridgehead atoms. The molecule has 0 heterocycles. The standard InChI is InChI=1S/C26H19F5/c1-2-15-10-23(29)25(24(30)11-15)19-9-7-17-12-18(22(28)14-20(17)13-19)8-6-16-4-3-5-21(27)26(16)31/h3-5,10-12,14,19H,2,7,9,13H2,1H3. The molecule has 0 amide bonds. The summed E-state index contributed by atoms with van der Waals surface area (Å²) in [6.07, 6.45) is 1.88. The highest BCUT2D eigenvalue weighted by molar-refractivity contribution is 5.48. The van der Waals surface area contributed by atoms with Gasteiger partial charge in [-0.1, -0.05) is 24.8 Å². The van der Waals surface area contributed by atoms with Crippen LogP contribution in [-0.2, 0) is 19.3 Å². The van der Waals surface area contributed by atoms with Gasteiger partial charge in [-0.3, -0.25) is 0 Å². The van der Waals surface area contributed by atoms with Gasteiger partial charge in [0.2, 0.25) is 0 Å². The van der Waals surface area contributed by atoms with Crippen LogP contribution in [0.4, 0.5) is 22.0 Å². The molecule has 4 rings (SSSR count). The first-order valence-corrected chi connectivity index (χ1v) is 10.1. The Morgan fingerprint density at radius 1 is 0.806 bits per heavy atom. The Morgan fingerprint density at radius 2 is 1.52 bits per heavy atom. The van der Waals surface area contributed by atoms with Crippen LogP contribution in [0.3, 0.4) is 0 Å². The molecule has 0 saturated heterocycles. The van der Waals surface area contributed by atoms with Crippen LogP contribution in [0.2, 0.25) is 0 Å². The number of fused-ring (bicyclic) bond motifs is 1. The minimum atomic E-state index is -1.07. The van der Waals surface area contributed by atoms with Crippen molar-refractivity contribution in [2.24, 2.45) is 0 Å². The maximum Gasteiger partial charge on any atom is 0.174 e. The second-order valence-corrected chi connectivity index (χ2v) is 7.72. The van der Waals surface area contributed by atoms with Crippen molar-refractivity contribution >= 4 is 0 Å². The predicted octanol–water partition coefficient (Wildman–Crippen LogP) is 6.62. The van der Waals surface area contributed by atoms with Gasteiger partial charge in [-0.15, -0.1) is 0 Å². The van der Waals surface area contributed by atoms with Crippen molar-refractivity contribution in [1.82, 2.24) is 0 Å². The minimum absolute atomic E-state index is 0.0497. The van der Waals surface area contributed by atoms with Crippen molar-refractivity contribution in [2.75, 3.05) is 0 Å². The van der Waals surface area contributed by atoms with Gasteiger partial charge in [0.25, 0.3) is 0 Å². The van der Waals surface area contributed by atoms with Crippen LogP contribution in [0, 0.1) is 40.9 Å². The van der Waals surface area contributed by atoms with E-state index in [0.29, 0.717) is 36.8 Å². The van der Waals surface area contributed by atoms with E-state index in [0.717, 1.165) is 11.6 Å². The van der Waals surface area contributed by atoms with Crippen LogP contribution in [0.25, 0.3) is 0 Å². The van der Waals surface area contributed by atoms with E-state index in [1.54, 1.807) is 6.07 Å². The SMILES string of the molecule is CCc1cc(F)c(C2CCc3cc(C#Cc4cccc(F)c4F)c(F)cc3C2)c(F)c1. The molecule has 5 heteroatoms. The molecule has 1 atom stereocenters. The monoisotopic (exact) mass is 426 g/mol. The average molecular weight is 426 g/mol. The van der Waals surface area contributed by atoms with Gasteiger partial charge in [-0.2, -0.15) is 0 Å². The lowest BCUT2D eigenvalue weighted by Crippen LogP contribution is -2.16. The van der Waals surface area contributed by atoms with Gasteiger partial charge in [-0.25, -0.2) is 22.0 Å². The Morgan fingerprint density at radius 3 is 2.23 bits per heavy atom. The molecule has 0 N–H and O–H groups in total. The first-order chi connectivity index (χ1) is 14.9. The fraction of sp³-hybridized carbons (Fsp3) is 0.231. The Kier molecular flexibility index (Phi) is 5.82. The van der Waals surface area contributed by atoms with Crippen molar-refractivity contribution < 1.29 is 22.0 Å². The van der Waals surface area contributed by atoms with Crippen molar-refractivity contribution in [3.63, 3.8) is 0 Å². The summed E-state index contributed by atoms with van der Waals surface area (Å²) in [6, 6.07) is 9.26. The zero-order chi connectivity index (χ0) is 22.1. The summed E-state index contributed by atoms with van der Waals surface area (Å²) in [5.41, 5.74) is 2.08. The summed E-state index contributed by atoms with van der Waals surface area (Å²) in [5, 5.41) is 0. The number of aryl methyl sites for hydroxylation is 2. The van der Waals surface area contributed by atoms with Crippen LogP contribution in [0.15, 0.2) is 42.5 Å². The number of hydrogen-bond acceptors (Lipinski definition) is 0. The average Bonchev–Trinajstić information content (AvgIpc) is 2.74. The topological polar surface area (TPSA) is 0 Å². The van der Waals surface area contributed by atoms with E-state index in [1.807, 2.05) is 6.92 Å². The molecule has 158 valence electrons. The summed E-state index contributed by atoms with van der Waals surface area (Å²) in [6.45, 7) is 1.83. The Hall–Kier alpha value is -3.13. The van der Waals surface area contributed by atoms with Gasteiger partial charge < -0.3 is 0 Å². The van der Waals surface area contributed by atoms with Crippen molar-refractivity contribution in [3.05, 3.63) is 105 Å². The summed E-state index contributed by atoms with van der Waals surface area (Å²) in [7, 11) is 0. The number of hydrogen-bond donors (Lipinski definition) is 0. The van der Waals surface area contributed by atoms with E-state index in [1.165, 1.54) is 30.3 Å². The predicted molar refractivity (Wildman–Crippen MR) is 109 cm³/mol. The third-order valence-electron chi connectivity index (χ3n) is 5.76. The minimum Gasteiger partial charge on any atom is -0.207 e. The van der Waals surface area contributed by atoms with Gasteiger partial charge in [0.05, 0.1) is 11.1 Å². The van der Waals surface area contributed by atoms with Gasteiger partial charge >= 0.3 is 0 Å². The van der Waals surface area contributed by atoms with Crippen molar-refractivity contribution in [2.45, 2.75) is 38.5 Å². The van der Waals surface area contributed by atoms with Gasteiger partial charge in [0.1, 0.15) is 17.5 Å². The molecule has 1 aliphatic carbocycles. The second kappa shape index (κ2) is 8.55. The smallest absolute Gasteiger partial charge is 0.174 e. The fourth-order valence-electron chi connectivity index (χ4n) is 4.09. The molecule has 0 radical (unpaired) electrons. The largest absolute Gasteiger partial charge is 0.207 e. The maximum absolute atomic E-state index is 14.6. The number of halogens is 5. The van der Waals surface area contributed by atoms with Crippen LogP contribution >= 0.6 is 0 Å². The van der Waals surface area contributed by atoms with Crippen LogP contribution < -0.4 is 0 Å². The Bertz CT molecular complexity index is 1190. The lowest BCUT2D eigenvalue weighted by atomic mass is 9.79. The van der Waals surface area contributed by atoms with E-state index in [2.05, 4.69) is 11.8 Å². The summed E-state index contributed by atoms with van der Waals surface area (Å²) in [5.74, 6) is 0.837. The molecule has 3 aromatic rings. The molecule has 0 saturated carbocycles. The zero-order valence-corrected chi connectivity index (χ0v) is 16.8. The van der Waals surface area contributed by atoms with E-state index in [-0.39, 0.29) is 22.6 Å².